The molecular formula is C23H26FN3O2S. The molecule has 0 saturated carbocycles. The summed E-state index contributed by atoms with van der Waals surface area (Å²) in [7, 11) is 0. The van der Waals surface area contributed by atoms with Crippen LogP contribution in [0.15, 0.2) is 42.5 Å². The van der Waals surface area contributed by atoms with Crippen molar-refractivity contribution < 1.29 is 13.9 Å². The molecule has 5 nitrogen and oxygen atoms in total. The molecule has 1 amide bonds. The first-order valence-electron chi connectivity index (χ1n) is 10.3. The molecule has 0 bridgehead atoms. The standard InChI is InChI=1S/C23H26FN3O2S/c1-3-18-13-17(25-15(2)28)11-12-27(18)14-16-7-9-19(10-8-16)29-23-26-22-20(24)5-4-6-21(22)30-23/h4-10,17-18H,3,11-14H2,1-2H3,(H,25,28)/t17-,18-/m1/s1. The quantitative estimate of drug-likeness (QED) is 0.594. The lowest BCUT2D eigenvalue weighted by Gasteiger charge is -2.39. The maximum Gasteiger partial charge on any atom is 0.279 e. The van der Waals surface area contributed by atoms with E-state index in [-0.39, 0.29) is 17.8 Å². The predicted octanol–water partition coefficient (Wildman–Crippen LogP) is 5.11. The lowest BCUT2D eigenvalue weighted by Crippen LogP contribution is -2.48. The summed E-state index contributed by atoms with van der Waals surface area (Å²) in [6.07, 6.45) is 3.03. The van der Waals surface area contributed by atoms with Gasteiger partial charge >= 0.3 is 0 Å². The number of thiazole rings is 1. The number of para-hydroxylation sites is 1. The fraction of sp³-hybridized carbons (Fsp3) is 0.391. The lowest BCUT2D eigenvalue weighted by molar-refractivity contribution is -0.120. The highest BCUT2D eigenvalue weighted by Gasteiger charge is 2.27. The van der Waals surface area contributed by atoms with Crippen LogP contribution in [-0.2, 0) is 11.3 Å². The third-order valence-electron chi connectivity index (χ3n) is 5.58. The summed E-state index contributed by atoms with van der Waals surface area (Å²) in [6.45, 7) is 5.63. The van der Waals surface area contributed by atoms with Crippen LogP contribution in [0, 0.1) is 5.82 Å². The zero-order valence-corrected chi connectivity index (χ0v) is 18.0. The first-order valence-corrected chi connectivity index (χ1v) is 11.2. The molecular weight excluding hydrogens is 401 g/mol. The van der Waals surface area contributed by atoms with E-state index in [2.05, 4.69) is 34.3 Å². The number of benzene rings is 2. The molecule has 1 saturated heterocycles. The van der Waals surface area contributed by atoms with Crippen molar-refractivity contribution in [2.75, 3.05) is 6.54 Å². The Kier molecular flexibility index (Phi) is 6.29. The Morgan fingerprint density at radius 2 is 2.10 bits per heavy atom. The number of rotatable bonds is 6. The summed E-state index contributed by atoms with van der Waals surface area (Å²) < 4.78 is 20.4. The number of likely N-dealkylation sites (tertiary alicyclic amines) is 1. The van der Waals surface area contributed by atoms with Gasteiger partial charge in [-0.1, -0.05) is 36.5 Å². The van der Waals surface area contributed by atoms with Gasteiger partial charge in [-0.15, -0.1) is 0 Å². The van der Waals surface area contributed by atoms with Gasteiger partial charge in [-0.05, 0) is 49.1 Å². The molecule has 1 aromatic heterocycles. The van der Waals surface area contributed by atoms with Crippen molar-refractivity contribution in [1.29, 1.82) is 0 Å². The molecule has 1 N–H and O–H groups in total. The van der Waals surface area contributed by atoms with E-state index in [9.17, 15) is 9.18 Å². The first-order chi connectivity index (χ1) is 14.5. The van der Waals surface area contributed by atoms with Gasteiger partial charge in [-0.25, -0.2) is 4.39 Å². The Balaban J connectivity index is 1.38. The van der Waals surface area contributed by atoms with Gasteiger partial charge in [0.1, 0.15) is 17.1 Å². The highest BCUT2D eigenvalue weighted by molar-refractivity contribution is 7.20. The fourth-order valence-corrected chi connectivity index (χ4v) is 4.94. The van der Waals surface area contributed by atoms with Crippen LogP contribution in [0.4, 0.5) is 4.39 Å². The Morgan fingerprint density at radius 1 is 1.30 bits per heavy atom. The summed E-state index contributed by atoms with van der Waals surface area (Å²) >= 11 is 1.34. The van der Waals surface area contributed by atoms with Crippen molar-refractivity contribution in [1.82, 2.24) is 15.2 Å². The maximum absolute atomic E-state index is 13.8. The Labute approximate surface area is 179 Å². The molecule has 1 fully saturated rings. The average Bonchev–Trinajstić information content (AvgIpc) is 3.14. The van der Waals surface area contributed by atoms with Gasteiger partial charge in [-0.3, -0.25) is 9.69 Å². The highest BCUT2D eigenvalue weighted by Crippen LogP contribution is 2.32. The molecule has 1 aliphatic rings. The molecule has 2 atom stereocenters. The number of aromatic nitrogens is 1. The van der Waals surface area contributed by atoms with Crippen LogP contribution in [0.3, 0.4) is 0 Å². The second kappa shape index (κ2) is 9.10. The molecule has 0 unspecified atom stereocenters. The van der Waals surface area contributed by atoms with Gasteiger partial charge in [-0.2, -0.15) is 4.98 Å². The second-order valence-electron chi connectivity index (χ2n) is 7.77. The van der Waals surface area contributed by atoms with E-state index in [4.69, 9.17) is 4.74 Å². The summed E-state index contributed by atoms with van der Waals surface area (Å²) in [4.78, 5) is 18.1. The minimum absolute atomic E-state index is 0.0507. The molecule has 0 radical (unpaired) electrons. The number of carbonyl (C=O) groups is 1. The smallest absolute Gasteiger partial charge is 0.279 e. The van der Waals surface area contributed by atoms with Gasteiger partial charge < -0.3 is 10.1 Å². The van der Waals surface area contributed by atoms with Gasteiger partial charge in [0, 0.05) is 32.1 Å². The van der Waals surface area contributed by atoms with Gasteiger partial charge in [0.05, 0.1) is 4.70 Å². The van der Waals surface area contributed by atoms with Crippen molar-refractivity contribution in [2.45, 2.75) is 51.7 Å². The number of hydrogen-bond acceptors (Lipinski definition) is 5. The van der Waals surface area contributed by atoms with Crippen LogP contribution in [-0.4, -0.2) is 34.4 Å². The lowest BCUT2D eigenvalue weighted by atomic mass is 9.94. The number of nitrogens with one attached hydrogen (secondary N) is 1. The van der Waals surface area contributed by atoms with E-state index < -0.39 is 0 Å². The van der Waals surface area contributed by atoms with Gasteiger partial charge in [0.25, 0.3) is 5.19 Å². The number of halogens is 1. The topological polar surface area (TPSA) is 54.5 Å². The predicted molar refractivity (Wildman–Crippen MR) is 117 cm³/mol. The van der Waals surface area contributed by atoms with Gasteiger partial charge in [0.2, 0.25) is 5.91 Å². The Bertz CT molecular complexity index is 1020. The van der Waals surface area contributed by atoms with Gasteiger partial charge in [0.15, 0.2) is 0 Å². The minimum Gasteiger partial charge on any atom is -0.431 e. The van der Waals surface area contributed by atoms with Crippen molar-refractivity contribution >= 4 is 27.5 Å². The minimum atomic E-state index is -0.332. The monoisotopic (exact) mass is 427 g/mol. The average molecular weight is 428 g/mol. The molecule has 2 aromatic carbocycles. The molecule has 30 heavy (non-hydrogen) atoms. The zero-order valence-electron chi connectivity index (χ0n) is 17.2. The SMILES string of the molecule is CC[C@@H]1C[C@H](NC(C)=O)CCN1Cc1ccc(Oc2nc3c(F)cccc3s2)cc1. The number of amides is 1. The highest BCUT2D eigenvalue weighted by atomic mass is 32.1. The number of fused-ring (bicyclic) bond motifs is 1. The van der Waals surface area contributed by atoms with E-state index in [1.807, 2.05) is 18.2 Å². The molecule has 0 spiro atoms. The van der Waals surface area contributed by atoms with E-state index in [0.717, 1.165) is 37.1 Å². The van der Waals surface area contributed by atoms with E-state index in [1.165, 1.54) is 23.0 Å². The van der Waals surface area contributed by atoms with Crippen molar-refractivity contribution in [3.63, 3.8) is 0 Å². The molecule has 4 rings (SSSR count). The maximum atomic E-state index is 13.8. The van der Waals surface area contributed by atoms with Crippen LogP contribution in [0.25, 0.3) is 10.2 Å². The first kappa shape index (κ1) is 20.8. The number of ether oxygens (including phenoxy) is 1. The second-order valence-corrected chi connectivity index (χ2v) is 8.76. The van der Waals surface area contributed by atoms with Crippen LogP contribution < -0.4 is 10.1 Å². The van der Waals surface area contributed by atoms with Crippen molar-refractivity contribution in [3.05, 3.63) is 53.8 Å². The number of piperidine rings is 1. The van der Waals surface area contributed by atoms with E-state index in [0.29, 0.717) is 22.5 Å². The third kappa shape index (κ3) is 4.79. The van der Waals surface area contributed by atoms with Crippen LogP contribution in [0.2, 0.25) is 0 Å². The van der Waals surface area contributed by atoms with Crippen LogP contribution >= 0.6 is 11.3 Å². The molecule has 158 valence electrons. The number of hydrogen-bond donors (Lipinski definition) is 1. The van der Waals surface area contributed by atoms with E-state index >= 15 is 0 Å². The third-order valence-corrected chi connectivity index (χ3v) is 6.48. The molecule has 0 aliphatic carbocycles. The normalized spacial score (nSPS) is 19.7. The van der Waals surface area contributed by atoms with Crippen LogP contribution in [0.5, 0.6) is 10.9 Å². The molecule has 7 heteroatoms. The Hall–Kier alpha value is -2.51. The van der Waals surface area contributed by atoms with E-state index in [1.54, 1.807) is 13.0 Å². The van der Waals surface area contributed by atoms with Crippen LogP contribution in [0.1, 0.15) is 38.7 Å². The molecule has 1 aliphatic heterocycles. The molecule has 3 aromatic rings. The summed E-state index contributed by atoms with van der Waals surface area (Å²) in [5.74, 6) is 0.408. The largest absolute Gasteiger partial charge is 0.431 e. The number of nitrogens with zero attached hydrogens (tertiary/aromatic N) is 2. The number of carbonyl (C=O) groups excluding carboxylic acids is 1. The van der Waals surface area contributed by atoms with Crippen molar-refractivity contribution in [2.24, 2.45) is 0 Å². The summed E-state index contributed by atoms with van der Waals surface area (Å²) in [6, 6.07) is 13.7. The zero-order chi connectivity index (χ0) is 21.1. The van der Waals surface area contributed by atoms with Crippen molar-refractivity contribution in [3.8, 4) is 10.9 Å². The summed E-state index contributed by atoms with van der Waals surface area (Å²) in [5.41, 5.74) is 1.57. The Morgan fingerprint density at radius 3 is 2.80 bits per heavy atom. The fourth-order valence-electron chi connectivity index (χ4n) is 4.09. The summed E-state index contributed by atoms with van der Waals surface area (Å²) in [5, 5.41) is 3.50. The molecule has 2 heterocycles.